The zero-order valence-corrected chi connectivity index (χ0v) is 14.7. The average Bonchev–Trinajstić information content (AvgIpc) is 2.59. The second-order valence-electron chi connectivity index (χ2n) is 5.64. The van der Waals surface area contributed by atoms with Crippen molar-refractivity contribution in [1.82, 2.24) is 14.6 Å². The number of carbonyl (C=O) groups is 1. The zero-order valence-electron chi connectivity index (χ0n) is 13.9. The summed E-state index contributed by atoms with van der Waals surface area (Å²) in [5.41, 5.74) is 1.15. The minimum Gasteiger partial charge on any atom is -0.346 e. The zero-order chi connectivity index (χ0) is 17.7. The summed E-state index contributed by atoms with van der Waals surface area (Å²) in [5.74, 6) is -0.276. The first kappa shape index (κ1) is 18.1. The van der Waals surface area contributed by atoms with E-state index in [1.54, 1.807) is 26.1 Å². The highest BCUT2D eigenvalue weighted by atomic mass is 32.2. The van der Waals surface area contributed by atoms with E-state index in [-0.39, 0.29) is 16.8 Å². The lowest BCUT2D eigenvalue weighted by Gasteiger charge is -2.21. The number of aromatic nitrogens is 1. The van der Waals surface area contributed by atoms with Crippen LogP contribution in [0.3, 0.4) is 0 Å². The van der Waals surface area contributed by atoms with Gasteiger partial charge < -0.3 is 5.32 Å². The number of pyridine rings is 1. The summed E-state index contributed by atoms with van der Waals surface area (Å²) < 4.78 is 26.1. The van der Waals surface area contributed by atoms with E-state index in [0.717, 1.165) is 5.69 Å². The highest BCUT2D eigenvalue weighted by molar-refractivity contribution is 7.89. The lowest BCUT2D eigenvalue weighted by atomic mass is 10.2. The lowest BCUT2D eigenvalue weighted by molar-refractivity contribution is 0.0950. The van der Waals surface area contributed by atoms with Gasteiger partial charge in [0, 0.05) is 24.8 Å². The number of amides is 1. The first-order valence-corrected chi connectivity index (χ1v) is 9.02. The van der Waals surface area contributed by atoms with E-state index in [2.05, 4.69) is 10.3 Å². The number of sulfonamides is 1. The molecule has 2 aromatic rings. The maximum atomic E-state index is 12.4. The molecular weight excluding hydrogens is 326 g/mol. The Morgan fingerprint density at radius 2 is 1.83 bits per heavy atom. The largest absolute Gasteiger partial charge is 0.346 e. The Hall–Kier alpha value is -2.25. The Bertz CT molecular complexity index is 788. The van der Waals surface area contributed by atoms with Gasteiger partial charge in [-0.15, -0.1) is 0 Å². The first-order valence-electron chi connectivity index (χ1n) is 7.58. The van der Waals surface area contributed by atoms with Crippen molar-refractivity contribution in [3.05, 3.63) is 59.9 Å². The summed E-state index contributed by atoms with van der Waals surface area (Å²) in [6, 6.07) is 11.2. The Balaban J connectivity index is 2.07. The van der Waals surface area contributed by atoms with Crippen molar-refractivity contribution in [2.45, 2.75) is 31.3 Å². The molecule has 0 aliphatic heterocycles. The van der Waals surface area contributed by atoms with Gasteiger partial charge >= 0.3 is 0 Å². The van der Waals surface area contributed by atoms with Gasteiger partial charge in [0.25, 0.3) is 5.91 Å². The molecule has 0 bridgehead atoms. The van der Waals surface area contributed by atoms with Gasteiger partial charge in [0.1, 0.15) is 0 Å². The number of hydrogen-bond acceptors (Lipinski definition) is 4. The second-order valence-corrected chi connectivity index (χ2v) is 7.64. The molecule has 7 heteroatoms. The summed E-state index contributed by atoms with van der Waals surface area (Å²) in [6.07, 6.45) is 1.66. The highest BCUT2D eigenvalue weighted by Crippen LogP contribution is 2.17. The van der Waals surface area contributed by atoms with Crippen LogP contribution in [0.5, 0.6) is 0 Å². The Labute approximate surface area is 142 Å². The number of benzene rings is 1. The minimum absolute atomic E-state index is 0.142. The fourth-order valence-corrected chi connectivity index (χ4v) is 3.37. The quantitative estimate of drug-likeness (QED) is 0.867. The van der Waals surface area contributed by atoms with Gasteiger partial charge in [-0.25, -0.2) is 8.42 Å². The molecule has 2 rings (SSSR count). The molecule has 0 aliphatic rings. The molecule has 0 aliphatic carbocycles. The van der Waals surface area contributed by atoms with Crippen molar-refractivity contribution in [3.8, 4) is 0 Å². The third kappa shape index (κ3) is 4.18. The molecule has 128 valence electrons. The summed E-state index contributed by atoms with van der Waals surface area (Å²) in [5, 5.41) is 2.75. The van der Waals surface area contributed by atoms with E-state index < -0.39 is 10.0 Å². The maximum absolute atomic E-state index is 12.4. The van der Waals surface area contributed by atoms with Crippen molar-refractivity contribution < 1.29 is 13.2 Å². The molecule has 0 atom stereocenters. The second kappa shape index (κ2) is 7.55. The fourth-order valence-electron chi connectivity index (χ4n) is 2.00. The molecule has 0 saturated carbocycles. The van der Waals surface area contributed by atoms with E-state index in [4.69, 9.17) is 0 Å². The molecule has 0 unspecified atom stereocenters. The monoisotopic (exact) mass is 347 g/mol. The van der Waals surface area contributed by atoms with E-state index in [1.165, 1.54) is 35.6 Å². The van der Waals surface area contributed by atoms with Crippen LogP contribution in [0, 0.1) is 0 Å². The van der Waals surface area contributed by atoms with Crippen molar-refractivity contribution in [2.24, 2.45) is 0 Å². The fraction of sp³-hybridized carbons (Fsp3) is 0.294. The Kier molecular flexibility index (Phi) is 5.69. The number of rotatable bonds is 6. The van der Waals surface area contributed by atoms with Gasteiger partial charge in [-0.2, -0.15) is 4.31 Å². The minimum atomic E-state index is -3.54. The number of nitrogens with one attached hydrogen (secondary N) is 1. The summed E-state index contributed by atoms with van der Waals surface area (Å²) in [7, 11) is -2.01. The number of carbonyl (C=O) groups excluding carboxylic acids is 1. The average molecular weight is 347 g/mol. The molecule has 0 radical (unpaired) electrons. The molecule has 1 N–H and O–H groups in total. The van der Waals surface area contributed by atoms with Gasteiger partial charge in [-0.05, 0) is 50.2 Å². The summed E-state index contributed by atoms with van der Waals surface area (Å²) in [4.78, 5) is 16.4. The Morgan fingerprint density at radius 1 is 1.17 bits per heavy atom. The number of hydrogen-bond donors (Lipinski definition) is 1. The van der Waals surface area contributed by atoms with E-state index in [0.29, 0.717) is 12.1 Å². The topological polar surface area (TPSA) is 79.4 Å². The van der Waals surface area contributed by atoms with Crippen LogP contribution in [-0.2, 0) is 16.6 Å². The van der Waals surface area contributed by atoms with Gasteiger partial charge in [-0.1, -0.05) is 6.07 Å². The predicted molar refractivity (Wildman–Crippen MR) is 91.9 cm³/mol. The van der Waals surface area contributed by atoms with Crippen molar-refractivity contribution in [2.75, 3.05) is 7.05 Å². The molecule has 1 amide bonds. The SMILES string of the molecule is CC(C)N(C)S(=O)(=O)c1ccc(C(=O)NCc2ccccn2)cc1. The van der Waals surface area contributed by atoms with E-state index >= 15 is 0 Å². The third-order valence-electron chi connectivity index (χ3n) is 3.68. The summed E-state index contributed by atoms with van der Waals surface area (Å²) in [6.45, 7) is 3.92. The molecule has 1 aromatic carbocycles. The molecule has 1 aromatic heterocycles. The smallest absolute Gasteiger partial charge is 0.251 e. The van der Waals surface area contributed by atoms with Crippen LogP contribution in [0.1, 0.15) is 29.9 Å². The summed E-state index contributed by atoms with van der Waals surface area (Å²) >= 11 is 0. The van der Waals surface area contributed by atoms with Gasteiger partial charge in [0.2, 0.25) is 10.0 Å². The standard InChI is InChI=1S/C17H21N3O3S/c1-13(2)20(3)24(22,23)16-9-7-14(8-10-16)17(21)19-12-15-6-4-5-11-18-15/h4-11,13H,12H2,1-3H3,(H,19,21). The molecule has 1 heterocycles. The number of nitrogens with zero attached hydrogens (tertiary/aromatic N) is 2. The maximum Gasteiger partial charge on any atom is 0.251 e. The van der Waals surface area contributed by atoms with Crippen LogP contribution in [-0.4, -0.2) is 36.7 Å². The van der Waals surface area contributed by atoms with Gasteiger partial charge in [0.15, 0.2) is 0 Å². The first-order chi connectivity index (χ1) is 11.3. The highest BCUT2D eigenvalue weighted by Gasteiger charge is 2.23. The van der Waals surface area contributed by atoms with E-state index in [9.17, 15) is 13.2 Å². The van der Waals surface area contributed by atoms with Gasteiger partial charge in [-0.3, -0.25) is 9.78 Å². The van der Waals surface area contributed by atoms with Crippen molar-refractivity contribution >= 4 is 15.9 Å². The van der Waals surface area contributed by atoms with Crippen LogP contribution in [0.2, 0.25) is 0 Å². The van der Waals surface area contributed by atoms with Crippen molar-refractivity contribution in [1.29, 1.82) is 0 Å². The molecule has 6 nitrogen and oxygen atoms in total. The van der Waals surface area contributed by atoms with Crippen molar-refractivity contribution in [3.63, 3.8) is 0 Å². The van der Waals surface area contributed by atoms with Crippen LogP contribution >= 0.6 is 0 Å². The van der Waals surface area contributed by atoms with Crippen LogP contribution in [0.25, 0.3) is 0 Å². The van der Waals surface area contributed by atoms with Crippen LogP contribution in [0.4, 0.5) is 0 Å². The molecule has 0 fully saturated rings. The third-order valence-corrected chi connectivity index (χ3v) is 5.72. The lowest BCUT2D eigenvalue weighted by Crippen LogP contribution is -2.33. The van der Waals surface area contributed by atoms with E-state index in [1.807, 2.05) is 12.1 Å². The van der Waals surface area contributed by atoms with Gasteiger partial charge in [0.05, 0.1) is 17.1 Å². The van der Waals surface area contributed by atoms with Crippen LogP contribution < -0.4 is 5.32 Å². The predicted octanol–water partition coefficient (Wildman–Crippen LogP) is 2.04. The Morgan fingerprint density at radius 3 is 2.38 bits per heavy atom. The molecule has 0 saturated heterocycles. The normalized spacial score (nSPS) is 11.7. The van der Waals surface area contributed by atoms with Crippen LogP contribution in [0.15, 0.2) is 53.6 Å². The molecule has 0 spiro atoms. The molecule has 24 heavy (non-hydrogen) atoms. The molecular formula is C17H21N3O3S.